The predicted molar refractivity (Wildman–Crippen MR) is 99.8 cm³/mol. The van der Waals surface area contributed by atoms with Crippen LogP contribution in [0, 0.1) is 0 Å². The molecular formula is C19H31N4O2+. The lowest BCUT2D eigenvalue weighted by molar-refractivity contribution is -0.882. The number of carbonyl (C=O) groups is 2. The number of piperazine rings is 1. The van der Waals surface area contributed by atoms with Gasteiger partial charge in [-0.05, 0) is 32.9 Å². The number of likely N-dealkylation sites (N-methyl/N-ethyl adjacent to an activating group) is 1. The number of nitrogens with one attached hydrogen (secondary N) is 2. The molecule has 0 bridgehead atoms. The monoisotopic (exact) mass is 347 g/mol. The lowest BCUT2D eigenvalue weighted by Crippen LogP contribution is -3.14. The standard InChI is InChI=1S/C19H30N4O2/c1-4-21(14-18(24)20-16(2)3)15-19(25)23-12-10-22(11-13-23)17-8-6-5-7-9-17/h5-9,16H,4,10-15H2,1-3H3,(H,20,24)/p+1. The Morgan fingerprint density at radius 1 is 1.08 bits per heavy atom. The van der Waals surface area contributed by atoms with Gasteiger partial charge in [0, 0.05) is 37.9 Å². The molecule has 2 N–H and O–H groups in total. The van der Waals surface area contributed by atoms with Crippen molar-refractivity contribution in [2.75, 3.05) is 50.7 Å². The fourth-order valence-corrected chi connectivity index (χ4v) is 3.09. The predicted octanol–water partition coefficient (Wildman–Crippen LogP) is -0.235. The van der Waals surface area contributed by atoms with Crippen molar-refractivity contribution in [2.45, 2.75) is 26.8 Å². The molecule has 0 spiro atoms. The van der Waals surface area contributed by atoms with Crippen LogP contribution in [0.4, 0.5) is 5.69 Å². The number of benzene rings is 1. The second-order valence-electron chi connectivity index (χ2n) is 6.88. The van der Waals surface area contributed by atoms with Gasteiger partial charge in [-0.25, -0.2) is 0 Å². The Morgan fingerprint density at radius 3 is 2.28 bits per heavy atom. The first-order valence-electron chi connectivity index (χ1n) is 9.20. The van der Waals surface area contributed by atoms with E-state index in [-0.39, 0.29) is 17.9 Å². The molecule has 0 aliphatic carbocycles. The molecule has 1 aliphatic rings. The number of nitrogens with zero attached hydrogens (tertiary/aromatic N) is 2. The number of quaternary nitrogens is 1. The van der Waals surface area contributed by atoms with Crippen LogP contribution in [0.2, 0.25) is 0 Å². The van der Waals surface area contributed by atoms with E-state index in [1.54, 1.807) is 0 Å². The minimum atomic E-state index is 0.00791. The summed E-state index contributed by atoms with van der Waals surface area (Å²) in [5, 5.41) is 2.89. The van der Waals surface area contributed by atoms with Gasteiger partial charge < -0.3 is 20.0 Å². The molecule has 1 heterocycles. The van der Waals surface area contributed by atoms with E-state index in [0.717, 1.165) is 37.6 Å². The minimum absolute atomic E-state index is 0.00791. The average Bonchev–Trinajstić information content (AvgIpc) is 2.61. The second-order valence-corrected chi connectivity index (χ2v) is 6.88. The molecule has 1 fully saturated rings. The quantitative estimate of drug-likeness (QED) is 0.716. The normalized spacial score (nSPS) is 16.0. The van der Waals surface area contributed by atoms with Crippen LogP contribution in [0.25, 0.3) is 0 Å². The van der Waals surface area contributed by atoms with Gasteiger partial charge in [-0.15, -0.1) is 0 Å². The average molecular weight is 347 g/mol. The Labute approximate surface area is 150 Å². The van der Waals surface area contributed by atoms with Crippen molar-refractivity contribution >= 4 is 17.5 Å². The Kier molecular flexibility index (Phi) is 7.25. The summed E-state index contributed by atoms with van der Waals surface area (Å²) in [4.78, 5) is 29.7. The fraction of sp³-hybridized carbons (Fsp3) is 0.579. The molecule has 0 aromatic heterocycles. The number of anilines is 1. The van der Waals surface area contributed by atoms with Crippen LogP contribution in [0.5, 0.6) is 0 Å². The molecule has 1 aromatic rings. The molecule has 2 rings (SSSR count). The van der Waals surface area contributed by atoms with Crippen molar-refractivity contribution in [1.29, 1.82) is 0 Å². The van der Waals surface area contributed by atoms with Crippen molar-refractivity contribution in [1.82, 2.24) is 10.2 Å². The number of carbonyl (C=O) groups excluding carboxylic acids is 2. The van der Waals surface area contributed by atoms with Gasteiger partial charge in [-0.1, -0.05) is 18.2 Å². The third-order valence-electron chi connectivity index (χ3n) is 4.52. The van der Waals surface area contributed by atoms with Gasteiger partial charge in [0.05, 0.1) is 6.54 Å². The number of hydrogen-bond donors (Lipinski definition) is 2. The summed E-state index contributed by atoms with van der Waals surface area (Å²) in [5.74, 6) is 0.149. The van der Waals surface area contributed by atoms with E-state index in [1.807, 2.05) is 43.9 Å². The zero-order valence-electron chi connectivity index (χ0n) is 15.6. The van der Waals surface area contributed by atoms with Gasteiger partial charge in [-0.3, -0.25) is 9.59 Å². The number of amides is 2. The summed E-state index contributed by atoms with van der Waals surface area (Å²) < 4.78 is 0. The topological polar surface area (TPSA) is 57.1 Å². The van der Waals surface area contributed by atoms with Gasteiger partial charge in [0.25, 0.3) is 11.8 Å². The van der Waals surface area contributed by atoms with Crippen LogP contribution >= 0.6 is 0 Å². The van der Waals surface area contributed by atoms with E-state index in [4.69, 9.17) is 0 Å². The van der Waals surface area contributed by atoms with E-state index in [0.29, 0.717) is 13.1 Å². The first kappa shape index (κ1) is 19.2. The third kappa shape index (κ3) is 6.05. The maximum Gasteiger partial charge on any atom is 0.277 e. The Bertz CT molecular complexity index is 554. The van der Waals surface area contributed by atoms with Crippen LogP contribution < -0.4 is 15.1 Å². The summed E-state index contributed by atoms with van der Waals surface area (Å²) >= 11 is 0. The molecule has 2 amide bonds. The highest BCUT2D eigenvalue weighted by molar-refractivity contribution is 5.79. The molecule has 1 aliphatic heterocycles. The molecule has 25 heavy (non-hydrogen) atoms. The highest BCUT2D eigenvalue weighted by atomic mass is 16.2. The number of para-hydroxylation sites is 1. The highest BCUT2D eigenvalue weighted by Gasteiger charge is 2.25. The minimum Gasteiger partial charge on any atom is -0.368 e. The van der Waals surface area contributed by atoms with Gasteiger partial charge in [0.15, 0.2) is 13.1 Å². The Balaban J connectivity index is 1.80. The molecule has 6 heteroatoms. The van der Waals surface area contributed by atoms with Crippen molar-refractivity contribution in [3.05, 3.63) is 30.3 Å². The smallest absolute Gasteiger partial charge is 0.277 e. The van der Waals surface area contributed by atoms with E-state index < -0.39 is 0 Å². The number of hydrogen-bond acceptors (Lipinski definition) is 3. The van der Waals surface area contributed by atoms with Crippen molar-refractivity contribution in [3.63, 3.8) is 0 Å². The molecule has 1 unspecified atom stereocenters. The molecule has 1 atom stereocenters. The summed E-state index contributed by atoms with van der Waals surface area (Å²) in [6, 6.07) is 10.4. The summed E-state index contributed by atoms with van der Waals surface area (Å²) in [7, 11) is 0. The van der Waals surface area contributed by atoms with E-state index in [2.05, 4.69) is 22.3 Å². The fourth-order valence-electron chi connectivity index (χ4n) is 3.09. The van der Waals surface area contributed by atoms with Crippen LogP contribution in [-0.2, 0) is 9.59 Å². The molecule has 1 aromatic carbocycles. The van der Waals surface area contributed by atoms with Gasteiger partial charge >= 0.3 is 0 Å². The van der Waals surface area contributed by atoms with Crippen molar-refractivity contribution in [3.8, 4) is 0 Å². The largest absolute Gasteiger partial charge is 0.368 e. The van der Waals surface area contributed by atoms with Crippen molar-refractivity contribution in [2.24, 2.45) is 0 Å². The van der Waals surface area contributed by atoms with Crippen molar-refractivity contribution < 1.29 is 14.5 Å². The molecular weight excluding hydrogens is 316 g/mol. The second kappa shape index (κ2) is 9.42. The Hall–Kier alpha value is -2.08. The highest BCUT2D eigenvalue weighted by Crippen LogP contribution is 2.15. The lowest BCUT2D eigenvalue weighted by atomic mass is 10.2. The van der Waals surface area contributed by atoms with Crippen LogP contribution in [-0.4, -0.2) is 68.6 Å². The van der Waals surface area contributed by atoms with Crippen LogP contribution in [0.15, 0.2) is 30.3 Å². The first-order chi connectivity index (χ1) is 12.0. The molecule has 1 saturated heterocycles. The van der Waals surface area contributed by atoms with E-state index in [1.165, 1.54) is 5.69 Å². The third-order valence-corrected chi connectivity index (χ3v) is 4.52. The lowest BCUT2D eigenvalue weighted by Gasteiger charge is -2.36. The first-order valence-corrected chi connectivity index (χ1v) is 9.20. The van der Waals surface area contributed by atoms with Crippen LogP contribution in [0.3, 0.4) is 0 Å². The molecule has 6 nitrogen and oxygen atoms in total. The zero-order chi connectivity index (χ0) is 18.2. The molecule has 0 saturated carbocycles. The number of rotatable bonds is 7. The van der Waals surface area contributed by atoms with Crippen LogP contribution in [0.1, 0.15) is 20.8 Å². The zero-order valence-corrected chi connectivity index (χ0v) is 15.6. The maximum absolute atomic E-state index is 12.6. The maximum atomic E-state index is 12.6. The Morgan fingerprint density at radius 2 is 1.72 bits per heavy atom. The SMILES string of the molecule is CC[NH+](CC(=O)NC(C)C)CC(=O)N1CCN(c2ccccc2)CC1. The summed E-state index contributed by atoms with van der Waals surface area (Å²) in [6.07, 6.45) is 0. The molecule has 138 valence electrons. The van der Waals surface area contributed by atoms with Gasteiger partial charge in [0.2, 0.25) is 0 Å². The van der Waals surface area contributed by atoms with E-state index >= 15 is 0 Å². The summed E-state index contributed by atoms with van der Waals surface area (Å²) in [6.45, 7) is 10.6. The van der Waals surface area contributed by atoms with E-state index in [9.17, 15) is 9.59 Å². The van der Waals surface area contributed by atoms with Gasteiger partial charge in [0.1, 0.15) is 0 Å². The summed E-state index contributed by atoms with van der Waals surface area (Å²) in [5.41, 5.74) is 1.21. The van der Waals surface area contributed by atoms with Gasteiger partial charge in [-0.2, -0.15) is 0 Å². The molecule has 0 radical (unpaired) electrons.